The predicted molar refractivity (Wildman–Crippen MR) is 62.5 cm³/mol. The Hall–Kier alpha value is -1.75. The van der Waals surface area contributed by atoms with Crippen LogP contribution in [0.3, 0.4) is 0 Å². The fraction of sp³-hybridized carbons (Fsp3) is 0.308. The molecule has 0 aliphatic rings. The molecule has 0 unspecified atom stereocenters. The lowest BCUT2D eigenvalue weighted by atomic mass is 10.1. The standard InChI is InChI=1S/C13H15NO/c1-4-11-7-5-6-8-12(11)14-13(15)9-10(2)3/h1,5-8,10H,9H2,2-3H3,(H,14,15). The van der Waals surface area contributed by atoms with Crippen LogP contribution >= 0.6 is 0 Å². The number of terminal acetylenes is 1. The molecule has 1 rings (SSSR count). The third-order valence-electron chi connectivity index (χ3n) is 1.95. The van der Waals surface area contributed by atoms with Crippen molar-refractivity contribution in [3.63, 3.8) is 0 Å². The first-order valence-corrected chi connectivity index (χ1v) is 4.99. The fourth-order valence-electron chi connectivity index (χ4n) is 1.29. The van der Waals surface area contributed by atoms with Gasteiger partial charge in [0.05, 0.1) is 5.69 Å². The lowest BCUT2D eigenvalue weighted by Gasteiger charge is -2.08. The second-order valence-electron chi connectivity index (χ2n) is 3.84. The van der Waals surface area contributed by atoms with E-state index in [2.05, 4.69) is 11.2 Å². The minimum absolute atomic E-state index is 0.00713. The highest BCUT2D eigenvalue weighted by atomic mass is 16.1. The Morgan fingerprint density at radius 3 is 2.73 bits per heavy atom. The van der Waals surface area contributed by atoms with E-state index in [0.29, 0.717) is 18.0 Å². The van der Waals surface area contributed by atoms with Crippen LogP contribution in [0.1, 0.15) is 25.8 Å². The van der Waals surface area contributed by atoms with Crippen molar-refractivity contribution in [2.75, 3.05) is 5.32 Å². The average Bonchev–Trinajstić information content (AvgIpc) is 2.17. The lowest BCUT2D eigenvalue weighted by Crippen LogP contribution is -2.14. The second kappa shape index (κ2) is 5.21. The molecule has 0 spiro atoms. The molecule has 0 aliphatic carbocycles. The van der Waals surface area contributed by atoms with Gasteiger partial charge < -0.3 is 5.32 Å². The Balaban J connectivity index is 2.73. The number of carbonyl (C=O) groups is 1. The van der Waals surface area contributed by atoms with Gasteiger partial charge in [0.25, 0.3) is 0 Å². The predicted octanol–water partition coefficient (Wildman–Crippen LogP) is 2.65. The summed E-state index contributed by atoms with van der Waals surface area (Å²) in [6, 6.07) is 7.33. The summed E-state index contributed by atoms with van der Waals surface area (Å²) >= 11 is 0. The maximum absolute atomic E-state index is 11.5. The van der Waals surface area contributed by atoms with Crippen LogP contribution < -0.4 is 5.32 Å². The van der Waals surface area contributed by atoms with E-state index in [1.165, 1.54) is 0 Å². The molecule has 0 saturated carbocycles. The third-order valence-corrected chi connectivity index (χ3v) is 1.95. The zero-order chi connectivity index (χ0) is 11.3. The molecule has 0 atom stereocenters. The van der Waals surface area contributed by atoms with E-state index in [0.717, 1.165) is 5.56 Å². The minimum atomic E-state index is 0.00713. The molecule has 15 heavy (non-hydrogen) atoms. The monoisotopic (exact) mass is 201 g/mol. The van der Waals surface area contributed by atoms with Crippen LogP contribution in [-0.2, 0) is 4.79 Å². The van der Waals surface area contributed by atoms with Crippen molar-refractivity contribution in [1.29, 1.82) is 0 Å². The van der Waals surface area contributed by atoms with Gasteiger partial charge in [0, 0.05) is 12.0 Å². The van der Waals surface area contributed by atoms with Gasteiger partial charge in [-0.2, -0.15) is 0 Å². The summed E-state index contributed by atoms with van der Waals surface area (Å²) in [4.78, 5) is 11.5. The van der Waals surface area contributed by atoms with E-state index < -0.39 is 0 Å². The SMILES string of the molecule is C#Cc1ccccc1NC(=O)CC(C)C. The number of nitrogens with one attached hydrogen (secondary N) is 1. The van der Waals surface area contributed by atoms with E-state index in [4.69, 9.17) is 6.42 Å². The first kappa shape index (κ1) is 11.3. The van der Waals surface area contributed by atoms with E-state index in [-0.39, 0.29) is 5.91 Å². The number of amides is 1. The van der Waals surface area contributed by atoms with Crippen molar-refractivity contribution in [2.24, 2.45) is 5.92 Å². The van der Waals surface area contributed by atoms with Gasteiger partial charge in [-0.3, -0.25) is 4.79 Å². The van der Waals surface area contributed by atoms with Gasteiger partial charge >= 0.3 is 0 Å². The Morgan fingerprint density at radius 2 is 2.13 bits per heavy atom. The van der Waals surface area contributed by atoms with Gasteiger partial charge in [-0.1, -0.05) is 31.9 Å². The topological polar surface area (TPSA) is 29.1 Å². The van der Waals surface area contributed by atoms with Crippen molar-refractivity contribution in [3.05, 3.63) is 29.8 Å². The van der Waals surface area contributed by atoms with Crippen molar-refractivity contribution < 1.29 is 4.79 Å². The summed E-state index contributed by atoms with van der Waals surface area (Å²) < 4.78 is 0. The summed E-state index contributed by atoms with van der Waals surface area (Å²) in [5.74, 6) is 2.90. The van der Waals surface area contributed by atoms with Gasteiger partial charge in [-0.25, -0.2) is 0 Å². The van der Waals surface area contributed by atoms with Gasteiger partial charge in [0.2, 0.25) is 5.91 Å². The van der Waals surface area contributed by atoms with Crippen molar-refractivity contribution in [1.82, 2.24) is 0 Å². The van der Waals surface area contributed by atoms with Crippen LogP contribution in [0.25, 0.3) is 0 Å². The molecule has 0 aromatic heterocycles. The van der Waals surface area contributed by atoms with Gasteiger partial charge in [0.1, 0.15) is 0 Å². The van der Waals surface area contributed by atoms with Crippen LogP contribution in [0.5, 0.6) is 0 Å². The van der Waals surface area contributed by atoms with E-state index >= 15 is 0 Å². The van der Waals surface area contributed by atoms with Crippen molar-refractivity contribution >= 4 is 11.6 Å². The van der Waals surface area contributed by atoms with E-state index in [9.17, 15) is 4.79 Å². The maximum Gasteiger partial charge on any atom is 0.224 e. The molecule has 0 saturated heterocycles. The van der Waals surface area contributed by atoms with Crippen LogP contribution in [0.4, 0.5) is 5.69 Å². The Kier molecular flexibility index (Phi) is 3.93. The van der Waals surface area contributed by atoms with Gasteiger partial charge in [-0.15, -0.1) is 6.42 Å². The number of hydrogen-bond acceptors (Lipinski definition) is 1. The minimum Gasteiger partial charge on any atom is -0.325 e. The smallest absolute Gasteiger partial charge is 0.224 e. The van der Waals surface area contributed by atoms with Crippen LogP contribution in [0.15, 0.2) is 24.3 Å². The molecular formula is C13H15NO. The highest BCUT2D eigenvalue weighted by molar-refractivity contribution is 5.92. The van der Waals surface area contributed by atoms with Gasteiger partial charge in [0.15, 0.2) is 0 Å². The first-order chi connectivity index (χ1) is 7.13. The number of anilines is 1. The maximum atomic E-state index is 11.5. The molecule has 0 radical (unpaired) electrons. The number of carbonyl (C=O) groups excluding carboxylic acids is 1. The largest absolute Gasteiger partial charge is 0.325 e. The Morgan fingerprint density at radius 1 is 1.47 bits per heavy atom. The normalized spacial score (nSPS) is 9.73. The molecule has 1 aromatic rings. The summed E-state index contributed by atoms with van der Waals surface area (Å²) in [7, 11) is 0. The fourth-order valence-corrected chi connectivity index (χ4v) is 1.29. The lowest BCUT2D eigenvalue weighted by molar-refractivity contribution is -0.116. The molecule has 1 amide bonds. The Labute approximate surface area is 90.7 Å². The van der Waals surface area contributed by atoms with Crippen molar-refractivity contribution in [2.45, 2.75) is 20.3 Å². The molecule has 78 valence electrons. The molecule has 2 heteroatoms. The number of hydrogen-bond donors (Lipinski definition) is 1. The van der Waals surface area contributed by atoms with Crippen molar-refractivity contribution in [3.8, 4) is 12.3 Å². The highest BCUT2D eigenvalue weighted by Crippen LogP contribution is 2.14. The number of para-hydroxylation sites is 1. The van der Waals surface area contributed by atoms with E-state index in [1.807, 2.05) is 38.1 Å². The third kappa shape index (κ3) is 3.47. The molecule has 0 fully saturated rings. The molecule has 0 heterocycles. The zero-order valence-electron chi connectivity index (χ0n) is 9.08. The molecule has 1 aromatic carbocycles. The van der Waals surface area contributed by atoms with Gasteiger partial charge in [-0.05, 0) is 18.1 Å². The zero-order valence-corrected chi connectivity index (χ0v) is 9.08. The molecule has 1 N–H and O–H groups in total. The van der Waals surface area contributed by atoms with Crippen LogP contribution in [-0.4, -0.2) is 5.91 Å². The summed E-state index contributed by atoms with van der Waals surface area (Å²) in [6.07, 6.45) is 5.84. The van der Waals surface area contributed by atoms with Crippen LogP contribution in [0, 0.1) is 18.3 Å². The molecule has 2 nitrogen and oxygen atoms in total. The summed E-state index contributed by atoms with van der Waals surface area (Å²) in [5.41, 5.74) is 1.43. The summed E-state index contributed by atoms with van der Waals surface area (Å²) in [6.45, 7) is 4.01. The number of benzene rings is 1. The quantitative estimate of drug-likeness (QED) is 0.748. The first-order valence-electron chi connectivity index (χ1n) is 4.99. The average molecular weight is 201 g/mol. The summed E-state index contributed by atoms with van der Waals surface area (Å²) in [5, 5.41) is 2.81. The van der Waals surface area contributed by atoms with E-state index in [1.54, 1.807) is 0 Å². The second-order valence-corrected chi connectivity index (χ2v) is 3.84. The number of rotatable bonds is 3. The molecule has 0 bridgehead atoms. The Bertz CT molecular complexity index is 388. The van der Waals surface area contributed by atoms with Crippen LogP contribution in [0.2, 0.25) is 0 Å². The highest BCUT2D eigenvalue weighted by Gasteiger charge is 2.06. The molecular weight excluding hydrogens is 186 g/mol. The molecule has 0 aliphatic heterocycles.